The van der Waals surface area contributed by atoms with Gasteiger partial charge in [0.1, 0.15) is 0 Å². The Hall–Kier alpha value is 0.170. The molecular formula is CH7ClN2O. The van der Waals surface area contributed by atoms with Gasteiger partial charge in [0.2, 0.25) is 0 Å². The van der Waals surface area contributed by atoms with Crippen molar-refractivity contribution in [2.24, 2.45) is 0 Å². The zero-order valence-corrected chi connectivity index (χ0v) is 3.67. The summed E-state index contributed by atoms with van der Waals surface area (Å²) in [6.07, 6.45) is 0. The van der Waals surface area contributed by atoms with Crippen molar-refractivity contribution < 1.29 is 5.21 Å². The minimum Gasteiger partial charge on any atom is -0.302 e. The highest BCUT2D eigenvalue weighted by Crippen LogP contribution is 1.06. The van der Waals surface area contributed by atoms with Gasteiger partial charge in [-0.3, -0.25) is 0 Å². The van der Waals surface area contributed by atoms with Gasteiger partial charge in [-0.2, -0.15) is 0 Å². The van der Waals surface area contributed by atoms with Crippen LogP contribution >= 0.6 is 12.4 Å². The Morgan fingerprint density at radius 3 is 1.80 bits per heavy atom. The van der Waals surface area contributed by atoms with Crippen molar-refractivity contribution in [1.82, 2.24) is 11.0 Å². The Morgan fingerprint density at radius 1 is 1.60 bits per heavy atom. The molecule has 0 saturated heterocycles. The number of nitrogens with one attached hydrogen (secondary N) is 2. The van der Waals surface area contributed by atoms with Crippen molar-refractivity contribution in [2.75, 3.05) is 7.05 Å². The molecule has 0 aromatic heterocycles. The first-order valence-electron chi connectivity index (χ1n) is 0.974. The van der Waals surface area contributed by atoms with Gasteiger partial charge < -0.3 is 5.21 Å². The van der Waals surface area contributed by atoms with Crippen LogP contribution in [0.3, 0.4) is 0 Å². The molecule has 0 amide bonds. The van der Waals surface area contributed by atoms with Gasteiger partial charge in [-0.05, 0) is 0 Å². The third-order valence-electron chi connectivity index (χ3n) is 0.112. The van der Waals surface area contributed by atoms with E-state index < -0.39 is 0 Å². The van der Waals surface area contributed by atoms with E-state index in [1.165, 1.54) is 0 Å². The highest BCUT2D eigenvalue weighted by molar-refractivity contribution is 5.85. The van der Waals surface area contributed by atoms with Crippen molar-refractivity contribution in [1.29, 1.82) is 0 Å². The fraction of sp³-hybridized carbons (Fsp3) is 1.00. The van der Waals surface area contributed by atoms with Crippen molar-refractivity contribution in [2.45, 2.75) is 0 Å². The summed E-state index contributed by atoms with van der Waals surface area (Å²) in [5.41, 5.74) is 3.92. The summed E-state index contributed by atoms with van der Waals surface area (Å²) in [5, 5.41) is 7.51. The topological polar surface area (TPSA) is 44.3 Å². The Bertz CT molecular complexity index is 11.6. The van der Waals surface area contributed by atoms with Gasteiger partial charge in [0, 0.05) is 7.05 Å². The van der Waals surface area contributed by atoms with Gasteiger partial charge in [-0.15, -0.1) is 18.0 Å². The molecule has 3 N–H and O–H groups in total. The Kier molecular flexibility index (Phi) is 15.9. The van der Waals surface area contributed by atoms with E-state index in [1.54, 1.807) is 12.6 Å². The summed E-state index contributed by atoms with van der Waals surface area (Å²) in [6, 6.07) is 0. The number of hydrogen-bond donors (Lipinski definition) is 3. The van der Waals surface area contributed by atoms with E-state index in [1.807, 2.05) is 0 Å². The highest BCUT2D eigenvalue weighted by Gasteiger charge is 1.45. The van der Waals surface area contributed by atoms with Crippen LogP contribution in [0.1, 0.15) is 0 Å². The summed E-state index contributed by atoms with van der Waals surface area (Å²) in [5.74, 6) is 0. The smallest absolute Gasteiger partial charge is 0.000704 e. The number of hydrazine groups is 1. The molecule has 0 saturated carbocycles. The molecule has 4 heteroatoms. The largest absolute Gasteiger partial charge is 0.302 e. The lowest BCUT2D eigenvalue weighted by atomic mass is 11.5. The molecule has 0 aromatic carbocycles. The van der Waals surface area contributed by atoms with Crippen LogP contribution in [-0.2, 0) is 0 Å². The molecule has 0 aliphatic rings. The molecule has 34 valence electrons. The van der Waals surface area contributed by atoms with Gasteiger partial charge in [0.05, 0.1) is 0 Å². The maximum Gasteiger partial charge on any atom is 0.000704 e. The fourth-order valence-corrected chi connectivity index (χ4v) is 0. The van der Waals surface area contributed by atoms with Crippen LogP contribution in [0, 0.1) is 0 Å². The number of rotatable bonds is 1. The molecule has 0 aliphatic carbocycles. The lowest BCUT2D eigenvalue weighted by Crippen LogP contribution is -2.22. The standard InChI is InChI=1S/CH6N2O.ClH/c1-2-3-4;/h2-4H,1H3;1H. The summed E-state index contributed by atoms with van der Waals surface area (Å²) in [6.45, 7) is 0. The zero-order valence-electron chi connectivity index (χ0n) is 2.86. The van der Waals surface area contributed by atoms with Crippen LogP contribution in [0.5, 0.6) is 0 Å². The molecule has 0 aromatic rings. The Balaban J connectivity index is 0. The Morgan fingerprint density at radius 2 is 1.80 bits per heavy atom. The minimum atomic E-state index is 0. The van der Waals surface area contributed by atoms with Gasteiger partial charge in [-0.1, -0.05) is 0 Å². The molecule has 0 spiro atoms. The molecule has 0 radical (unpaired) electrons. The first kappa shape index (κ1) is 8.95. The van der Waals surface area contributed by atoms with Crippen LogP contribution in [0.25, 0.3) is 0 Å². The zero-order chi connectivity index (χ0) is 3.41. The van der Waals surface area contributed by atoms with Crippen LogP contribution in [0.4, 0.5) is 0 Å². The number of hydrogen-bond acceptors (Lipinski definition) is 3. The molecule has 0 fully saturated rings. The summed E-state index contributed by atoms with van der Waals surface area (Å²) >= 11 is 0. The quantitative estimate of drug-likeness (QED) is 0.388. The SMILES string of the molecule is CNNO.Cl. The first-order valence-corrected chi connectivity index (χ1v) is 0.974. The normalized spacial score (nSPS) is 6.00. The predicted molar refractivity (Wildman–Crippen MR) is 21.2 cm³/mol. The van der Waals surface area contributed by atoms with Crippen molar-refractivity contribution in [3.8, 4) is 0 Å². The lowest BCUT2D eigenvalue weighted by Gasteiger charge is -1.80. The van der Waals surface area contributed by atoms with E-state index in [0.717, 1.165) is 0 Å². The maximum atomic E-state index is 7.51. The minimum absolute atomic E-state index is 0. The summed E-state index contributed by atoms with van der Waals surface area (Å²) < 4.78 is 0. The van der Waals surface area contributed by atoms with Crippen molar-refractivity contribution >= 4 is 12.4 Å². The van der Waals surface area contributed by atoms with E-state index in [9.17, 15) is 0 Å². The second kappa shape index (κ2) is 8.90. The van der Waals surface area contributed by atoms with Crippen LogP contribution in [-0.4, -0.2) is 12.3 Å². The van der Waals surface area contributed by atoms with Crippen LogP contribution in [0.2, 0.25) is 0 Å². The molecule has 0 heterocycles. The summed E-state index contributed by atoms with van der Waals surface area (Å²) in [4.78, 5) is 0. The Labute approximate surface area is 36.7 Å². The summed E-state index contributed by atoms with van der Waals surface area (Å²) in [7, 11) is 1.57. The number of halogens is 1. The third-order valence-corrected chi connectivity index (χ3v) is 0.112. The lowest BCUT2D eigenvalue weighted by molar-refractivity contribution is 0.130. The van der Waals surface area contributed by atoms with Crippen LogP contribution in [0.15, 0.2) is 0 Å². The van der Waals surface area contributed by atoms with Gasteiger partial charge in [0.15, 0.2) is 0 Å². The van der Waals surface area contributed by atoms with Gasteiger partial charge in [-0.25, -0.2) is 5.43 Å². The highest BCUT2D eigenvalue weighted by atomic mass is 35.5. The third kappa shape index (κ3) is 14.3. The molecule has 3 nitrogen and oxygen atoms in total. The van der Waals surface area contributed by atoms with Crippen molar-refractivity contribution in [3.05, 3.63) is 0 Å². The van der Waals surface area contributed by atoms with Crippen molar-refractivity contribution in [3.63, 3.8) is 0 Å². The fourth-order valence-electron chi connectivity index (χ4n) is 0. The van der Waals surface area contributed by atoms with E-state index in [4.69, 9.17) is 5.21 Å². The molecule has 0 aliphatic heterocycles. The molecule has 0 atom stereocenters. The maximum absolute atomic E-state index is 7.51. The first-order chi connectivity index (χ1) is 1.91. The van der Waals surface area contributed by atoms with Gasteiger partial charge >= 0.3 is 0 Å². The van der Waals surface area contributed by atoms with Crippen LogP contribution < -0.4 is 11.0 Å². The van der Waals surface area contributed by atoms with Gasteiger partial charge in [0.25, 0.3) is 0 Å². The molecular weight excluding hydrogens is 91.5 g/mol. The van der Waals surface area contributed by atoms with E-state index in [0.29, 0.717) is 0 Å². The molecule has 0 bridgehead atoms. The monoisotopic (exact) mass is 98.0 g/mol. The van der Waals surface area contributed by atoms with E-state index >= 15 is 0 Å². The average molecular weight is 98.5 g/mol. The molecule has 0 unspecified atom stereocenters. The second-order valence-corrected chi connectivity index (χ2v) is 0.362. The van der Waals surface area contributed by atoms with E-state index in [-0.39, 0.29) is 12.4 Å². The molecule has 0 rings (SSSR count). The second-order valence-electron chi connectivity index (χ2n) is 0.362. The molecule has 5 heavy (non-hydrogen) atoms. The van der Waals surface area contributed by atoms with E-state index in [2.05, 4.69) is 5.43 Å². The predicted octanol–water partition coefficient (Wildman–Crippen LogP) is -0.479. The average Bonchev–Trinajstić information content (AvgIpc) is 1.37.